The molecule has 0 aliphatic heterocycles. The smallest absolute Gasteiger partial charge is 0.185 e. The lowest BCUT2D eigenvalue weighted by molar-refractivity contribution is -0.255. The number of aromatic nitrogens is 1. The van der Waals surface area contributed by atoms with Crippen LogP contribution in [0.25, 0.3) is 11.3 Å². The Kier molecular flexibility index (Phi) is 5.89. The number of carbonyl (C=O) groups excluding carboxylic acids is 1. The SMILES string of the molecule is COCCOc1cc(N)c(C(=N)c2cc(-c3ccc(C(=O)[O-])cc3)no2)cc1F. The normalized spacial score (nSPS) is 10.7. The fraction of sp³-hybridized carbons (Fsp3) is 0.150. The van der Waals surface area contributed by atoms with Gasteiger partial charge in [-0.2, -0.15) is 0 Å². The number of nitrogens with two attached hydrogens (primary N) is 1. The van der Waals surface area contributed by atoms with Crippen LogP contribution in [0.1, 0.15) is 21.7 Å². The third kappa shape index (κ3) is 4.41. The van der Waals surface area contributed by atoms with Gasteiger partial charge in [0.15, 0.2) is 17.3 Å². The Morgan fingerprint density at radius 1 is 1.24 bits per heavy atom. The van der Waals surface area contributed by atoms with Gasteiger partial charge in [-0.15, -0.1) is 0 Å². The molecule has 1 aromatic heterocycles. The van der Waals surface area contributed by atoms with Crippen molar-refractivity contribution in [2.24, 2.45) is 0 Å². The zero-order chi connectivity index (χ0) is 21.0. The summed E-state index contributed by atoms with van der Waals surface area (Å²) in [5, 5.41) is 23.0. The first-order valence-electron chi connectivity index (χ1n) is 8.49. The number of anilines is 1. The minimum Gasteiger partial charge on any atom is -0.545 e. The van der Waals surface area contributed by atoms with Gasteiger partial charge < -0.3 is 29.6 Å². The minimum atomic E-state index is -1.29. The van der Waals surface area contributed by atoms with Crippen molar-refractivity contribution in [1.29, 1.82) is 5.41 Å². The highest BCUT2D eigenvalue weighted by Crippen LogP contribution is 2.27. The second kappa shape index (κ2) is 8.53. The lowest BCUT2D eigenvalue weighted by atomic mass is 10.0. The molecule has 0 unspecified atom stereocenters. The minimum absolute atomic E-state index is 0.0290. The van der Waals surface area contributed by atoms with Crippen LogP contribution in [0, 0.1) is 11.2 Å². The number of hydrogen-bond acceptors (Lipinski definition) is 8. The van der Waals surface area contributed by atoms with Crippen LogP contribution in [0.5, 0.6) is 5.75 Å². The molecule has 150 valence electrons. The van der Waals surface area contributed by atoms with E-state index in [2.05, 4.69) is 5.16 Å². The van der Waals surface area contributed by atoms with Gasteiger partial charge in [0.2, 0.25) is 0 Å². The molecule has 0 saturated carbocycles. The number of benzene rings is 2. The first kappa shape index (κ1) is 20.0. The van der Waals surface area contributed by atoms with E-state index in [-0.39, 0.29) is 40.6 Å². The summed E-state index contributed by atoms with van der Waals surface area (Å²) in [7, 11) is 1.50. The van der Waals surface area contributed by atoms with Crippen LogP contribution >= 0.6 is 0 Å². The maximum absolute atomic E-state index is 14.3. The molecule has 0 bridgehead atoms. The summed E-state index contributed by atoms with van der Waals surface area (Å²) in [6.07, 6.45) is 0. The number of rotatable bonds is 8. The summed E-state index contributed by atoms with van der Waals surface area (Å²) in [4.78, 5) is 10.8. The summed E-state index contributed by atoms with van der Waals surface area (Å²) in [6.45, 7) is 0.452. The van der Waals surface area contributed by atoms with Crippen LogP contribution < -0.4 is 15.6 Å². The van der Waals surface area contributed by atoms with Crippen molar-refractivity contribution < 1.29 is 28.3 Å². The van der Waals surface area contributed by atoms with Crippen molar-refractivity contribution in [3.05, 3.63) is 65.2 Å². The van der Waals surface area contributed by atoms with E-state index in [0.29, 0.717) is 17.9 Å². The van der Waals surface area contributed by atoms with Crippen LogP contribution in [0.2, 0.25) is 0 Å². The average Bonchev–Trinajstić information content (AvgIpc) is 3.20. The highest BCUT2D eigenvalue weighted by molar-refractivity contribution is 6.12. The highest BCUT2D eigenvalue weighted by Gasteiger charge is 2.18. The number of nitrogens with one attached hydrogen (secondary N) is 1. The first-order valence-corrected chi connectivity index (χ1v) is 8.49. The predicted molar refractivity (Wildman–Crippen MR) is 100 cm³/mol. The molecule has 3 aromatic rings. The average molecular weight is 398 g/mol. The molecule has 0 atom stereocenters. The number of carboxylic acid groups (broad SMARTS) is 1. The largest absolute Gasteiger partial charge is 0.545 e. The van der Waals surface area contributed by atoms with Crippen LogP contribution in [0.15, 0.2) is 47.0 Å². The predicted octanol–water partition coefficient (Wildman–Crippen LogP) is 1.87. The van der Waals surface area contributed by atoms with E-state index in [1.165, 1.54) is 43.5 Å². The highest BCUT2D eigenvalue weighted by atomic mass is 19.1. The Bertz CT molecular complexity index is 1050. The number of carbonyl (C=O) groups is 1. The summed E-state index contributed by atoms with van der Waals surface area (Å²) >= 11 is 0. The van der Waals surface area contributed by atoms with Gasteiger partial charge in [-0.25, -0.2) is 4.39 Å². The van der Waals surface area contributed by atoms with Gasteiger partial charge in [-0.05, 0) is 11.6 Å². The Morgan fingerprint density at radius 2 is 1.97 bits per heavy atom. The molecule has 0 aliphatic carbocycles. The number of ether oxygens (including phenoxy) is 2. The van der Waals surface area contributed by atoms with E-state index in [9.17, 15) is 14.3 Å². The Labute approximate surface area is 165 Å². The van der Waals surface area contributed by atoms with Crippen LogP contribution in [0.4, 0.5) is 10.1 Å². The van der Waals surface area contributed by atoms with Crippen molar-refractivity contribution >= 4 is 17.4 Å². The van der Waals surface area contributed by atoms with Crippen molar-refractivity contribution in [2.75, 3.05) is 26.1 Å². The van der Waals surface area contributed by atoms with Crippen molar-refractivity contribution in [3.8, 4) is 17.0 Å². The summed E-state index contributed by atoms with van der Waals surface area (Å²) in [5.74, 6) is -1.93. The molecule has 0 radical (unpaired) electrons. The standard InChI is InChI=1S/C20H18FN3O5/c1-27-6-7-28-17-9-15(22)13(8-14(17)21)19(23)18-10-16(24-29-18)11-2-4-12(5-3-11)20(25)26/h2-5,8-10,23H,6-7,22H2,1H3,(H,25,26)/p-1. The van der Waals surface area contributed by atoms with Gasteiger partial charge in [0.1, 0.15) is 18.0 Å². The molecular weight excluding hydrogens is 381 g/mol. The van der Waals surface area contributed by atoms with Crippen LogP contribution in [-0.4, -0.2) is 37.2 Å². The third-order valence-corrected chi connectivity index (χ3v) is 4.09. The molecular formula is C20H17FN3O5-. The molecule has 0 amide bonds. The summed E-state index contributed by atoms with van der Waals surface area (Å²) in [5.41, 5.74) is 7.05. The number of nitrogen functional groups attached to an aromatic ring is 1. The molecule has 3 N–H and O–H groups in total. The molecule has 2 aromatic carbocycles. The van der Waals surface area contributed by atoms with E-state index in [0.717, 1.165) is 6.07 Å². The number of nitrogens with zero attached hydrogens (tertiary/aromatic N) is 1. The quantitative estimate of drug-likeness (QED) is 0.336. The molecule has 8 nitrogen and oxygen atoms in total. The number of aromatic carboxylic acids is 1. The van der Waals surface area contributed by atoms with Crippen molar-refractivity contribution in [2.45, 2.75) is 0 Å². The molecule has 0 aliphatic rings. The maximum Gasteiger partial charge on any atom is 0.185 e. The molecule has 1 heterocycles. The van der Waals surface area contributed by atoms with Crippen molar-refractivity contribution in [3.63, 3.8) is 0 Å². The molecule has 0 saturated heterocycles. The fourth-order valence-electron chi connectivity index (χ4n) is 2.57. The monoisotopic (exact) mass is 398 g/mol. The zero-order valence-electron chi connectivity index (χ0n) is 15.4. The molecule has 0 fully saturated rings. The van der Waals surface area contributed by atoms with Gasteiger partial charge in [-0.3, -0.25) is 5.41 Å². The van der Waals surface area contributed by atoms with Crippen LogP contribution in [0.3, 0.4) is 0 Å². The van der Waals surface area contributed by atoms with E-state index < -0.39 is 11.8 Å². The van der Waals surface area contributed by atoms with E-state index in [1.54, 1.807) is 0 Å². The van der Waals surface area contributed by atoms with E-state index in [4.69, 9.17) is 25.1 Å². The van der Waals surface area contributed by atoms with E-state index in [1.807, 2.05) is 0 Å². The molecule has 29 heavy (non-hydrogen) atoms. The number of methoxy groups -OCH3 is 1. The van der Waals surface area contributed by atoms with E-state index >= 15 is 0 Å². The number of hydrogen-bond donors (Lipinski definition) is 2. The summed E-state index contributed by atoms with van der Waals surface area (Å²) < 4.78 is 29.6. The second-order valence-corrected chi connectivity index (χ2v) is 6.03. The Hall–Kier alpha value is -3.72. The Balaban J connectivity index is 1.82. The Morgan fingerprint density at radius 3 is 2.62 bits per heavy atom. The summed E-state index contributed by atoms with van der Waals surface area (Å²) in [6, 6.07) is 9.70. The molecule has 0 spiro atoms. The maximum atomic E-state index is 14.3. The number of carboxylic acids is 1. The second-order valence-electron chi connectivity index (χ2n) is 6.03. The lowest BCUT2D eigenvalue weighted by Gasteiger charge is -2.11. The number of halogens is 1. The van der Waals surface area contributed by atoms with Gasteiger partial charge in [-0.1, -0.05) is 29.4 Å². The van der Waals surface area contributed by atoms with Crippen molar-refractivity contribution in [1.82, 2.24) is 5.16 Å². The third-order valence-electron chi connectivity index (χ3n) is 4.09. The van der Waals surface area contributed by atoms with Crippen LogP contribution in [-0.2, 0) is 4.74 Å². The topological polar surface area (TPSA) is 134 Å². The lowest BCUT2D eigenvalue weighted by Crippen LogP contribution is -2.21. The van der Waals surface area contributed by atoms with Gasteiger partial charge in [0.25, 0.3) is 0 Å². The van der Waals surface area contributed by atoms with Gasteiger partial charge >= 0.3 is 0 Å². The first-order chi connectivity index (χ1) is 13.9. The zero-order valence-corrected chi connectivity index (χ0v) is 15.4. The molecule has 3 rings (SSSR count). The fourth-order valence-corrected chi connectivity index (χ4v) is 2.57. The molecule has 9 heteroatoms. The van der Waals surface area contributed by atoms with Gasteiger partial charge in [0, 0.05) is 36.1 Å². The van der Waals surface area contributed by atoms with Gasteiger partial charge in [0.05, 0.1) is 12.6 Å².